The predicted octanol–water partition coefficient (Wildman–Crippen LogP) is 1.14. The highest BCUT2D eigenvalue weighted by molar-refractivity contribution is 5.48. The highest BCUT2D eigenvalue weighted by Gasteiger charge is 2.32. The molecule has 5 nitrogen and oxygen atoms in total. The third kappa shape index (κ3) is 2.66. The van der Waals surface area contributed by atoms with Gasteiger partial charge in [0.15, 0.2) is 0 Å². The van der Waals surface area contributed by atoms with Crippen LogP contribution in [0, 0.1) is 0 Å². The van der Waals surface area contributed by atoms with Crippen LogP contribution in [0.15, 0.2) is 6.07 Å². The molecule has 0 radical (unpaired) electrons. The number of β-amino-alcohol motifs (C(OH)–C–C–N with tert-alkyl or cyclic N) is 1. The molecule has 0 amide bonds. The Labute approximate surface area is 102 Å². The maximum absolute atomic E-state index is 9.96. The molecule has 0 aromatic carbocycles. The quantitative estimate of drug-likeness (QED) is 0.805. The summed E-state index contributed by atoms with van der Waals surface area (Å²) < 4.78 is 0. The first-order valence-electron chi connectivity index (χ1n) is 5.99. The van der Waals surface area contributed by atoms with Gasteiger partial charge in [-0.2, -0.15) is 0 Å². The van der Waals surface area contributed by atoms with E-state index < -0.39 is 5.60 Å². The number of nitrogens with zero attached hydrogens (tertiary/aromatic N) is 3. The molecule has 17 heavy (non-hydrogen) atoms. The fourth-order valence-corrected chi connectivity index (χ4v) is 2.03. The minimum atomic E-state index is -0.627. The lowest BCUT2D eigenvalue weighted by Gasteiger charge is -2.20. The minimum Gasteiger partial charge on any atom is -0.388 e. The maximum atomic E-state index is 9.96. The second-order valence-corrected chi connectivity index (χ2v) is 5.33. The number of aromatic nitrogens is 2. The van der Waals surface area contributed by atoms with E-state index in [2.05, 4.69) is 14.9 Å². The van der Waals surface area contributed by atoms with E-state index in [4.69, 9.17) is 5.73 Å². The van der Waals surface area contributed by atoms with Crippen molar-refractivity contribution in [3.63, 3.8) is 0 Å². The van der Waals surface area contributed by atoms with Gasteiger partial charge < -0.3 is 15.7 Å². The Bertz CT molecular complexity index is 417. The number of hydrogen-bond donors (Lipinski definition) is 2. The molecule has 0 aliphatic carbocycles. The van der Waals surface area contributed by atoms with Gasteiger partial charge in [0, 0.05) is 25.1 Å². The van der Waals surface area contributed by atoms with Gasteiger partial charge in [-0.1, -0.05) is 13.8 Å². The average Bonchev–Trinajstić information content (AvgIpc) is 2.58. The van der Waals surface area contributed by atoms with Crippen molar-refractivity contribution in [2.24, 2.45) is 0 Å². The average molecular weight is 236 g/mol. The zero-order chi connectivity index (χ0) is 12.6. The van der Waals surface area contributed by atoms with Crippen LogP contribution in [0.3, 0.4) is 0 Å². The van der Waals surface area contributed by atoms with Crippen molar-refractivity contribution in [2.45, 2.75) is 38.7 Å². The molecule has 1 atom stereocenters. The molecule has 1 unspecified atom stereocenters. The summed E-state index contributed by atoms with van der Waals surface area (Å²) in [7, 11) is 0. The van der Waals surface area contributed by atoms with Gasteiger partial charge in [-0.15, -0.1) is 0 Å². The normalized spacial score (nSPS) is 24.6. The van der Waals surface area contributed by atoms with Gasteiger partial charge in [0.1, 0.15) is 17.5 Å². The lowest BCUT2D eigenvalue weighted by Crippen LogP contribution is -2.30. The molecule has 0 saturated carbocycles. The summed E-state index contributed by atoms with van der Waals surface area (Å²) in [6.45, 7) is 7.33. The van der Waals surface area contributed by atoms with E-state index in [-0.39, 0.29) is 5.92 Å². The van der Waals surface area contributed by atoms with Gasteiger partial charge in [-0.05, 0) is 13.3 Å². The number of nitrogen functional groups attached to an aromatic ring is 1. The molecule has 0 spiro atoms. The van der Waals surface area contributed by atoms with Crippen molar-refractivity contribution < 1.29 is 5.11 Å². The number of aliphatic hydroxyl groups is 1. The van der Waals surface area contributed by atoms with E-state index in [9.17, 15) is 5.11 Å². The molecule has 1 aromatic heterocycles. The molecule has 1 aliphatic rings. The molecule has 0 bridgehead atoms. The molecule has 1 fully saturated rings. The van der Waals surface area contributed by atoms with Crippen LogP contribution in [0.4, 0.5) is 11.6 Å². The first-order valence-corrected chi connectivity index (χ1v) is 5.99. The van der Waals surface area contributed by atoms with E-state index in [1.807, 2.05) is 20.8 Å². The predicted molar refractivity (Wildman–Crippen MR) is 68.0 cm³/mol. The molecular formula is C12H20N4O. The molecule has 94 valence electrons. The van der Waals surface area contributed by atoms with Crippen LogP contribution < -0.4 is 10.6 Å². The van der Waals surface area contributed by atoms with Gasteiger partial charge in [0.25, 0.3) is 0 Å². The molecule has 1 aliphatic heterocycles. The summed E-state index contributed by atoms with van der Waals surface area (Å²) >= 11 is 0. The van der Waals surface area contributed by atoms with Crippen LogP contribution in [0.5, 0.6) is 0 Å². The highest BCUT2D eigenvalue weighted by atomic mass is 16.3. The molecule has 2 heterocycles. The monoisotopic (exact) mass is 236 g/mol. The summed E-state index contributed by atoms with van der Waals surface area (Å²) in [6, 6.07) is 1.77. The molecule has 5 heteroatoms. The van der Waals surface area contributed by atoms with E-state index in [0.717, 1.165) is 24.6 Å². The smallest absolute Gasteiger partial charge is 0.135 e. The maximum Gasteiger partial charge on any atom is 0.135 e. The Morgan fingerprint density at radius 3 is 2.71 bits per heavy atom. The Morgan fingerprint density at radius 1 is 1.47 bits per heavy atom. The topological polar surface area (TPSA) is 75.3 Å². The van der Waals surface area contributed by atoms with Crippen LogP contribution in [0.2, 0.25) is 0 Å². The van der Waals surface area contributed by atoms with Gasteiger partial charge in [0.05, 0.1) is 5.60 Å². The van der Waals surface area contributed by atoms with Gasteiger partial charge in [-0.25, -0.2) is 9.97 Å². The second-order valence-electron chi connectivity index (χ2n) is 5.33. The third-order valence-electron chi connectivity index (χ3n) is 3.04. The van der Waals surface area contributed by atoms with Crippen molar-refractivity contribution in [2.75, 3.05) is 23.7 Å². The number of nitrogens with two attached hydrogens (primary N) is 1. The Hall–Kier alpha value is -1.36. The number of rotatable bonds is 2. The van der Waals surface area contributed by atoms with E-state index in [0.29, 0.717) is 12.4 Å². The summed E-state index contributed by atoms with van der Waals surface area (Å²) in [5.41, 5.74) is 5.16. The largest absolute Gasteiger partial charge is 0.388 e. The first kappa shape index (κ1) is 12.1. The molecule has 1 saturated heterocycles. The lowest BCUT2D eigenvalue weighted by molar-refractivity contribution is 0.0839. The number of anilines is 2. The minimum absolute atomic E-state index is 0.250. The van der Waals surface area contributed by atoms with Gasteiger partial charge in [-0.3, -0.25) is 0 Å². The van der Waals surface area contributed by atoms with Gasteiger partial charge in [0.2, 0.25) is 0 Å². The Balaban J connectivity index is 2.27. The van der Waals surface area contributed by atoms with Crippen molar-refractivity contribution in [3.05, 3.63) is 11.9 Å². The van der Waals surface area contributed by atoms with Gasteiger partial charge >= 0.3 is 0 Å². The summed E-state index contributed by atoms with van der Waals surface area (Å²) in [4.78, 5) is 10.8. The summed E-state index contributed by atoms with van der Waals surface area (Å²) in [6.07, 6.45) is 0.758. The standard InChI is InChI=1S/C12H20N4O/c1-8(2)11-14-9(13)6-10(15-11)16-5-4-12(3,17)7-16/h6,8,17H,4-5,7H2,1-3H3,(H2,13,14,15). The van der Waals surface area contributed by atoms with Crippen LogP contribution in [-0.2, 0) is 0 Å². The van der Waals surface area contributed by atoms with Crippen molar-refractivity contribution in [3.8, 4) is 0 Å². The molecule has 1 aromatic rings. The fraction of sp³-hybridized carbons (Fsp3) is 0.667. The van der Waals surface area contributed by atoms with E-state index in [1.165, 1.54) is 0 Å². The van der Waals surface area contributed by atoms with Crippen molar-refractivity contribution in [1.82, 2.24) is 9.97 Å². The van der Waals surface area contributed by atoms with E-state index in [1.54, 1.807) is 6.07 Å². The first-order chi connectivity index (χ1) is 7.87. The second kappa shape index (κ2) is 4.14. The SMILES string of the molecule is CC(C)c1nc(N)cc(N2CCC(C)(O)C2)n1. The molecular weight excluding hydrogens is 216 g/mol. The van der Waals surface area contributed by atoms with Crippen LogP contribution in [0.25, 0.3) is 0 Å². The third-order valence-corrected chi connectivity index (χ3v) is 3.04. The number of hydrogen-bond acceptors (Lipinski definition) is 5. The fourth-order valence-electron chi connectivity index (χ4n) is 2.03. The molecule has 2 rings (SSSR count). The highest BCUT2D eigenvalue weighted by Crippen LogP contribution is 2.26. The summed E-state index contributed by atoms with van der Waals surface area (Å²) in [5, 5.41) is 9.96. The zero-order valence-corrected chi connectivity index (χ0v) is 10.6. The Morgan fingerprint density at radius 2 is 2.18 bits per heavy atom. The van der Waals surface area contributed by atoms with Crippen LogP contribution >= 0.6 is 0 Å². The zero-order valence-electron chi connectivity index (χ0n) is 10.6. The van der Waals surface area contributed by atoms with Crippen LogP contribution in [-0.4, -0.2) is 33.8 Å². The summed E-state index contributed by atoms with van der Waals surface area (Å²) in [5.74, 6) is 2.32. The Kier molecular flexibility index (Phi) is 2.95. The van der Waals surface area contributed by atoms with E-state index >= 15 is 0 Å². The molecule has 3 N–H and O–H groups in total. The lowest BCUT2D eigenvalue weighted by atomic mass is 10.1. The van der Waals surface area contributed by atoms with Crippen molar-refractivity contribution in [1.29, 1.82) is 0 Å². The van der Waals surface area contributed by atoms with Crippen LogP contribution in [0.1, 0.15) is 38.9 Å². The van der Waals surface area contributed by atoms with Crippen molar-refractivity contribution >= 4 is 11.6 Å².